The second-order valence-corrected chi connectivity index (χ2v) is 9.17. The fraction of sp³-hybridized carbons (Fsp3) is 0.765. The minimum absolute atomic E-state index is 0.0578. The molecule has 1 aliphatic carbocycles. The molecule has 1 N–H and O–H groups in total. The Morgan fingerprint density at radius 1 is 1.08 bits per heavy atom. The van der Waals surface area contributed by atoms with Crippen molar-refractivity contribution < 1.29 is 13.2 Å². The van der Waals surface area contributed by atoms with Gasteiger partial charge in [-0.2, -0.15) is 9.40 Å². The monoisotopic (exact) mass is 383 g/mol. The number of carbonyl (C=O) groups excluding carboxylic acids is 1. The van der Waals surface area contributed by atoms with Gasteiger partial charge in [0.25, 0.3) is 0 Å². The van der Waals surface area contributed by atoms with Gasteiger partial charge in [-0.15, -0.1) is 0 Å². The van der Waals surface area contributed by atoms with Gasteiger partial charge >= 0.3 is 6.03 Å². The molecule has 0 spiro atoms. The van der Waals surface area contributed by atoms with E-state index in [1.54, 1.807) is 11.9 Å². The molecule has 146 valence electrons. The predicted molar refractivity (Wildman–Crippen MR) is 98.2 cm³/mol. The summed E-state index contributed by atoms with van der Waals surface area (Å²) in [7, 11) is -1.86. The second-order valence-electron chi connectivity index (χ2n) is 7.23. The van der Waals surface area contributed by atoms with Crippen molar-refractivity contribution in [2.45, 2.75) is 55.9 Å². The highest BCUT2D eigenvalue weighted by atomic mass is 32.2. The average Bonchev–Trinajstić information content (AvgIpc) is 2.82. The largest absolute Gasteiger partial charge is 0.335 e. The zero-order chi connectivity index (χ0) is 18.6. The summed E-state index contributed by atoms with van der Waals surface area (Å²) in [5.41, 5.74) is 0. The van der Waals surface area contributed by atoms with E-state index in [4.69, 9.17) is 0 Å². The standard InChI is InChI=1S/C17H29N5O3S/c1-20-14-16(13-18-20)26(24,25)22-10-6-9-21(11-12-22)17(23)19-15-7-4-2-3-5-8-15/h13-15H,2-12H2,1H3,(H,19,23). The van der Waals surface area contributed by atoms with Crippen molar-refractivity contribution in [2.75, 3.05) is 26.2 Å². The zero-order valence-electron chi connectivity index (χ0n) is 15.4. The van der Waals surface area contributed by atoms with Crippen LogP contribution in [-0.4, -0.2) is 65.7 Å². The molecule has 1 aliphatic heterocycles. The molecular weight excluding hydrogens is 354 g/mol. The number of hydrogen-bond acceptors (Lipinski definition) is 4. The van der Waals surface area contributed by atoms with Crippen molar-refractivity contribution in [3.8, 4) is 0 Å². The molecule has 9 heteroatoms. The van der Waals surface area contributed by atoms with Crippen LogP contribution in [0.3, 0.4) is 0 Å². The lowest BCUT2D eigenvalue weighted by Gasteiger charge is -2.25. The normalized spacial score (nSPS) is 21.2. The Hall–Kier alpha value is -1.61. The lowest BCUT2D eigenvalue weighted by atomic mass is 10.1. The smallest absolute Gasteiger partial charge is 0.317 e. The number of hydrogen-bond donors (Lipinski definition) is 1. The molecule has 0 aromatic carbocycles. The maximum absolute atomic E-state index is 12.7. The maximum Gasteiger partial charge on any atom is 0.317 e. The first-order valence-corrected chi connectivity index (χ1v) is 10.9. The molecule has 2 heterocycles. The van der Waals surface area contributed by atoms with Crippen LogP contribution in [0.25, 0.3) is 0 Å². The summed E-state index contributed by atoms with van der Waals surface area (Å²) in [6.45, 7) is 1.73. The molecular formula is C17H29N5O3S. The molecule has 26 heavy (non-hydrogen) atoms. The van der Waals surface area contributed by atoms with Crippen LogP contribution in [0, 0.1) is 0 Å². The Labute approximate surface area is 155 Å². The number of nitrogens with zero attached hydrogens (tertiary/aromatic N) is 4. The highest BCUT2D eigenvalue weighted by Crippen LogP contribution is 2.19. The lowest BCUT2D eigenvalue weighted by molar-refractivity contribution is 0.195. The number of rotatable bonds is 3. The molecule has 3 rings (SSSR count). The van der Waals surface area contributed by atoms with E-state index in [-0.39, 0.29) is 17.0 Å². The number of aromatic nitrogens is 2. The van der Waals surface area contributed by atoms with E-state index in [1.807, 2.05) is 0 Å². The van der Waals surface area contributed by atoms with Gasteiger partial charge in [-0.25, -0.2) is 13.2 Å². The van der Waals surface area contributed by atoms with Gasteiger partial charge in [0.15, 0.2) is 0 Å². The van der Waals surface area contributed by atoms with Gasteiger partial charge < -0.3 is 10.2 Å². The minimum atomic E-state index is -3.55. The van der Waals surface area contributed by atoms with Crippen molar-refractivity contribution in [1.82, 2.24) is 24.3 Å². The summed E-state index contributed by atoms with van der Waals surface area (Å²) < 4.78 is 28.4. The zero-order valence-corrected chi connectivity index (χ0v) is 16.2. The number of urea groups is 1. The van der Waals surface area contributed by atoms with Crippen molar-refractivity contribution in [3.63, 3.8) is 0 Å². The molecule has 8 nitrogen and oxygen atoms in total. The molecule has 2 fully saturated rings. The number of nitrogens with one attached hydrogen (secondary N) is 1. The molecule has 0 bridgehead atoms. The fourth-order valence-corrected chi connectivity index (χ4v) is 5.16. The molecule has 0 radical (unpaired) electrons. The maximum atomic E-state index is 12.7. The molecule has 1 aromatic rings. The average molecular weight is 384 g/mol. The second kappa shape index (κ2) is 8.39. The van der Waals surface area contributed by atoms with Gasteiger partial charge in [-0.3, -0.25) is 4.68 Å². The minimum Gasteiger partial charge on any atom is -0.335 e. The molecule has 2 amide bonds. The van der Waals surface area contributed by atoms with Crippen LogP contribution in [0.2, 0.25) is 0 Å². The third kappa shape index (κ3) is 4.56. The first-order chi connectivity index (χ1) is 12.5. The summed E-state index contributed by atoms with van der Waals surface area (Å²) >= 11 is 0. The van der Waals surface area contributed by atoms with Crippen LogP contribution < -0.4 is 5.32 Å². The van der Waals surface area contributed by atoms with E-state index in [0.29, 0.717) is 32.6 Å². The van der Waals surface area contributed by atoms with E-state index in [9.17, 15) is 13.2 Å². The van der Waals surface area contributed by atoms with Crippen LogP contribution in [0.1, 0.15) is 44.9 Å². The van der Waals surface area contributed by atoms with Crippen LogP contribution in [0.5, 0.6) is 0 Å². The Bertz CT molecular complexity index is 710. The molecule has 1 saturated heterocycles. The fourth-order valence-electron chi connectivity index (χ4n) is 3.71. The van der Waals surface area contributed by atoms with Gasteiger partial charge in [0, 0.05) is 45.5 Å². The van der Waals surface area contributed by atoms with Crippen molar-refractivity contribution in [2.24, 2.45) is 7.05 Å². The Kier molecular flexibility index (Phi) is 6.18. The molecule has 0 unspecified atom stereocenters. The molecule has 1 aromatic heterocycles. The number of carbonyl (C=O) groups is 1. The highest BCUT2D eigenvalue weighted by Gasteiger charge is 2.29. The van der Waals surface area contributed by atoms with E-state index in [2.05, 4.69) is 10.4 Å². The van der Waals surface area contributed by atoms with E-state index in [1.165, 1.54) is 47.1 Å². The van der Waals surface area contributed by atoms with Gasteiger partial charge in [0.2, 0.25) is 10.0 Å². The van der Waals surface area contributed by atoms with Crippen LogP contribution in [-0.2, 0) is 17.1 Å². The van der Waals surface area contributed by atoms with Crippen LogP contribution in [0.4, 0.5) is 4.79 Å². The van der Waals surface area contributed by atoms with E-state index in [0.717, 1.165) is 12.8 Å². The summed E-state index contributed by atoms with van der Waals surface area (Å²) in [6, 6.07) is 0.195. The number of aryl methyl sites for hydroxylation is 1. The van der Waals surface area contributed by atoms with Gasteiger partial charge in [0.1, 0.15) is 4.90 Å². The number of sulfonamides is 1. The first kappa shape index (κ1) is 19.2. The third-order valence-electron chi connectivity index (χ3n) is 5.24. The summed E-state index contributed by atoms with van der Waals surface area (Å²) in [5.74, 6) is 0. The van der Waals surface area contributed by atoms with Gasteiger partial charge in [0.05, 0.1) is 6.20 Å². The van der Waals surface area contributed by atoms with E-state index < -0.39 is 10.0 Å². The topological polar surface area (TPSA) is 87.5 Å². The Morgan fingerprint density at radius 3 is 2.46 bits per heavy atom. The van der Waals surface area contributed by atoms with E-state index >= 15 is 0 Å². The van der Waals surface area contributed by atoms with Crippen molar-refractivity contribution in [1.29, 1.82) is 0 Å². The van der Waals surface area contributed by atoms with Gasteiger partial charge in [-0.05, 0) is 19.3 Å². The summed E-state index contributed by atoms with van der Waals surface area (Å²) in [4.78, 5) is 14.6. The number of amides is 2. The predicted octanol–water partition coefficient (Wildman–Crippen LogP) is 1.55. The molecule has 1 saturated carbocycles. The van der Waals surface area contributed by atoms with Crippen molar-refractivity contribution in [3.05, 3.63) is 12.4 Å². The molecule has 0 atom stereocenters. The Morgan fingerprint density at radius 2 is 1.81 bits per heavy atom. The summed E-state index contributed by atoms with van der Waals surface area (Å²) in [6.07, 6.45) is 10.4. The van der Waals surface area contributed by atoms with Crippen LogP contribution in [0.15, 0.2) is 17.3 Å². The quantitative estimate of drug-likeness (QED) is 0.802. The lowest BCUT2D eigenvalue weighted by Crippen LogP contribution is -2.46. The Balaban J connectivity index is 1.58. The van der Waals surface area contributed by atoms with Crippen molar-refractivity contribution >= 4 is 16.1 Å². The third-order valence-corrected chi connectivity index (χ3v) is 7.10. The summed E-state index contributed by atoms with van der Waals surface area (Å²) in [5, 5.41) is 7.10. The SMILES string of the molecule is Cn1cc(S(=O)(=O)N2CCCN(C(=O)NC3CCCCCC3)CC2)cn1. The first-order valence-electron chi connectivity index (χ1n) is 9.51. The van der Waals surface area contributed by atoms with Gasteiger partial charge in [-0.1, -0.05) is 25.7 Å². The van der Waals surface area contributed by atoms with Crippen LogP contribution >= 0.6 is 0 Å². The highest BCUT2D eigenvalue weighted by molar-refractivity contribution is 7.89. The molecule has 2 aliphatic rings.